The summed E-state index contributed by atoms with van der Waals surface area (Å²) in [6.45, 7) is 1.82. The van der Waals surface area contributed by atoms with Gasteiger partial charge in [-0.25, -0.2) is 0 Å². The number of hydrogen-bond donors (Lipinski definition) is 1. The third kappa shape index (κ3) is 1.95. The Hall–Kier alpha value is -0.730. The molecular formula is C9H9Cl2NO. The maximum absolute atomic E-state index is 11.3. The maximum Gasteiger partial charge on any atom is 0.181 e. The Balaban J connectivity index is 3.33. The first-order valence-corrected chi connectivity index (χ1v) is 4.63. The van der Waals surface area contributed by atoms with Crippen molar-refractivity contribution in [1.29, 1.82) is 0 Å². The molecule has 0 aliphatic rings. The van der Waals surface area contributed by atoms with E-state index in [0.29, 0.717) is 16.3 Å². The maximum atomic E-state index is 11.3. The Bertz CT molecular complexity index is 350. The minimum atomic E-state index is -0.243. The molecule has 0 radical (unpaired) electrons. The summed E-state index contributed by atoms with van der Waals surface area (Å²) in [4.78, 5) is 11.3. The average molecular weight is 218 g/mol. The van der Waals surface area contributed by atoms with E-state index in [-0.39, 0.29) is 11.7 Å². The van der Waals surface area contributed by atoms with Gasteiger partial charge in [0.1, 0.15) is 0 Å². The van der Waals surface area contributed by atoms with E-state index in [0.717, 1.165) is 5.56 Å². The number of rotatable bonds is 2. The van der Waals surface area contributed by atoms with Gasteiger partial charge in [-0.05, 0) is 18.6 Å². The molecule has 0 fully saturated rings. The van der Waals surface area contributed by atoms with Crippen molar-refractivity contribution in [3.05, 3.63) is 28.3 Å². The molecule has 0 atom stereocenters. The van der Waals surface area contributed by atoms with Gasteiger partial charge in [0, 0.05) is 5.69 Å². The second kappa shape index (κ2) is 3.99. The second-order valence-corrected chi connectivity index (χ2v) is 3.38. The Morgan fingerprint density at radius 3 is 2.69 bits per heavy atom. The lowest BCUT2D eigenvalue weighted by molar-refractivity contribution is 0.102. The molecule has 0 spiro atoms. The van der Waals surface area contributed by atoms with Crippen LogP contribution < -0.4 is 5.73 Å². The van der Waals surface area contributed by atoms with Crippen molar-refractivity contribution in [3.63, 3.8) is 0 Å². The van der Waals surface area contributed by atoms with Crippen LogP contribution in [0.1, 0.15) is 15.9 Å². The highest BCUT2D eigenvalue weighted by Gasteiger charge is 2.14. The molecule has 0 saturated heterocycles. The van der Waals surface area contributed by atoms with Crippen LogP contribution in [0.2, 0.25) is 5.02 Å². The first kappa shape index (κ1) is 10.4. The van der Waals surface area contributed by atoms with Crippen LogP contribution in [0.5, 0.6) is 0 Å². The van der Waals surface area contributed by atoms with Crippen LogP contribution in [0.3, 0.4) is 0 Å². The SMILES string of the molecule is Cc1ccc(Cl)c(C(=O)CCl)c1N. The summed E-state index contributed by atoms with van der Waals surface area (Å²) in [6.07, 6.45) is 0. The van der Waals surface area contributed by atoms with E-state index in [1.807, 2.05) is 6.92 Å². The van der Waals surface area contributed by atoms with Crippen molar-refractivity contribution in [1.82, 2.24) is 0 Å². The first-order chi connectivity index (χ1) is 6.07. The fraction of sp³-hybridized carbons (Fsp3) is 0.222. The highest BCUT2D eigenvalue weighted by molar-refractivity contribution is 6.38. The highest BCUT2D eigenvalue weighted by atomic mass is 35.5. The van der Waals surface area contributed by atoms with Gasteiger partial charge in [-0.3, -0.25) is 4.79 Å². The Morgan fingerprint density at radius 1 is 1.54 bits per heavy atom. The zero-order valence-corrected chi connectivity index (χ0v) is 8.62. The van der Waals surface area contributed by atoms with E-state index >= 15 is 0 Å². The molecule has 0 heterocycles. The van der Waals surface area contributed by atoms with Crippen LogP contribution >= 0.6 is 23.2 Å². The molecule has 0 aliphatic carbocycles. The first-order valence-electron chi connectivity index (χ1n) is 3.71. The molecule has 13 heavy (non-hydrogen) atoms. The van der Waals surface area contributed by atoms with E-state index in [1.165, 1.54) is 0 Å². The number of nitrogens with two attached hydrogens (primary N) is 1. The zero-order valence-electron chi connectivity index (χ0n) is 7.10. The van der Waals surface area contributed by atoms with Gasteiger partial charge in [-0.2, -0.15) is 0 Å². The number of alkyl halides is 1. The van der Waals surface area contributed by atoms with Crippen LogP contribution in [-0.2, 0) is 0 Å². The van der Waals surface area contributed by atoms with Gasteiger partial charge < -0.3 is 5.73 Å². The lowest BCUT2D eigenvalue weighted by atomic mass is 10.1. The number of nitrogen functional groups attached to an aromatic ring is 1. The van der Waals surface area contributed by atoms with Crippen LogP contribution in [0, 0.1) is 6.92 Å². The van der Waals surface area contributed by atoms with E-state index < -0.39 is 0 Å². The number of ketones is 1. The molecule has 0 aromatic heterocycles. The molecule has 1 aromatic rings. The smallest absolute Gasteiger partial charge is 0.181 e. The number of aryl methyl sites for hydroxylation is 1. The van der Waals surface area contributed by atoms with Crippen LogP contribution in [0.25, 0.3) is 0 Å². The summed E-state index contributed by atoms with van der Waals surface area (Å²) < 4.78 is 0. The van der Waals surface area contributed by atoms with Crippen LogP contribution in [0.15, 0.2) is 12.1 Å². The van der Waals surface area contributed by atoms with E-state index in [4.69, 9.17) is 28.9 Å². The molecule has 1 aromatic carbocycles. The van der Waals surface area contributed by atoms with Gasteiger partial charge in [-0.1, -0.05) is 17.7 Å². The Labute approximate surface area is 86.6 Å². The van der Waals surface area contributed by atoms with Crippen LogP contribution in [-0.4, -0.2) is 11.7 Å². The van der Waals surface area contributed by atoms with E-state index in [2.05, 4.69) is 0 Å². The molecule has 0 saturated carbocycles. The molecule has 0 aliphatic heterocycles. The fourth-order valence-corrected chi connectivity index (χ4v) is 1.45. The van der Waals surface area contributed by atoms with E-state index in [1.54, 1.807) is 12.1 Å². The summed E-state index contributed by atoms with van der Waals surface area (Å²) in [6, 6.07) is 3.41. The summed E-state index contributed by atoms with van der Waals surface area (Å²) in [5.74, 6) is -0.347. The number of benzene rings is 1. The summed E-state index contributed by atoms with van der Waals surface area (Å²) in [5, 5.41) is 0.355. The number of carbonyl (C=O) groups is 1. The van der Waals surface area contributed by atoms with Crippen molar-refractivity contribution in [2.24, 2.45) is 0 Å². The van der Waals surface area contributed by atoms with Crippen LogP contribution in [0.4, 0.5) is 5.69 Å². The minimum absolute atomic E-state index is 0.104. The normalized spacial score (nSPS) is 10.1. The average Bonchev–Trinajstić information content (AvgIpc) is 2.12. The van der Waals surface area contributed by atoms with Crippen molar-refractivity contribution in [2.45, 2.75) is 6.92 Å². The molecule has 0 amide bonds. The summed E-state index contributed by atoms with van der Waals surface area (Å²) in [5.41, 5.74) is 7.27. The number of carbonyl (C=O) groups excluding carboxylic acids is 1. The number of hydrogen-bond acceptors (Lipinski definition) is 2. The third-order valence-electron chi connectivity index (χ3n) is 1.81. The molecule has 70 valence electrons. The predicted molar refractivity (Wildman–Crippen MR) is 55.7 cm³/mol. The molecule has 4 heteroatoms. The number of Topliss-reactive ketones (excluding diaryl/α,β-unsaturated/α-hetero) is 1. The Morgan fingerprint density at radius 2 is 2.15 bits per heavy atom. The van der Waals surface area contributed by atoms with E-state index in [9.17, 15) is 4.79 Å². The molecule has 0 unspecified atom stereocenters. The number of anilines is 1. The largest absolute Gasteiger partial charge is 0.398 e. The van der Waals surface area contributed by atoms with Crippen molar-refractivity contribution >= 4 is 34.7 Å². The quantitative estimate of drug-likeness (QED) is 0.471. The monoisotopic (exact) mass is 217 g/mol. The van der Waals surface area contributed by atoms with Crippen molar-refractivity contribution < 1.29 is 4.79 Å². The van der Waals surface area contributed by atoms with Gasteiger partial charge in [0.05, 0.1) is 16.5 Å². The lowest BCUT2D eigenvalue weighted by Gasteiger charge is -2.07. The second-order valence-electron chi connectivity index (χ2n) is 2.71. The lowest BCUT2D eigenvalue weighted by Crippen LogP contribution is -2.07. The van der Waals surface area contributed by atoms with Crippen molar-refractivity contribution in [3.8, 4) is 0 Å². The molecule has 2 nitrogen and oxygen atoms in total. The predicted octanol–water partition coefficient (Wildman–Crippen LogP) is 2.65. The fourth-order valence-electron chi connectivity index (χ4n) is 1.05. The van der Waals surface area contributed by atoms with Gasteiger partial charge in [0.2, 0.25) is 0 Å². The van der Waals surface area contributed by atoms with Gasteiger partial charge in [-0.15, -0.1) is 11.6 Å². The topological polar surface area (TPSA) is 43.1 Å². The van der Waals surface area contributed by atoms with Crippen molar-refractivity contribution in [2.75, 3.05) is 11.6 Å². The Kier molecular flexibility index (Phi) is 3.17. The molecule has 2 N–H and O–H groups in total. The highest BCUT2D eigenvalue weighted by Crippen LogP contribution is 2.25. The zero-order chi connectivity index (χ0) is 10.0. The molecule has 1 rings (SSSR count). The number of halogens is 2. The molecule has 0 bridgehead atoms. The van der Waals surface area contributed by atoms with Gasteiger partial charge in [0.25, 0.3) is 0 Å². The molecular weight excluding hydrogens is 209 g/mol. The van der Waals surface area contributed by atoms with Gasteiger partial charge in [0.15, 0.2) is 5.78 Å². The van der Waals surface area contributed by atoms with Gasteiger partial charge >= 0.3 is 0 Å². The minimum Gasteiger partial charge on any atom is -0.398 e. The third-order valence-corrected chi connectivity index (χ3v) is 2.37. The standard InChI is InChI=1S/C9H9Cl2NO/c1-5-2-3-6(11)8(9(5)12)7(13)4-10/h2-3H,4,12H2,1H3. The summed E-state index contributed by atoms with van der Waals surface area (Å²) in [7, 11) is 0. The summed E-state index contributed by atoms with van der Waals surface area (Å²) >= 11 is 11.2.